The molecular formula is C15H19BrN2O2S2. The van der Waals surface area contributed by atoms with Crippen LogP contribution in [0.3, 0.4) is 0 Å². The van der Waals surface area contributed by atoms with Crippen LogP contribution in [0, 0.1) is 0 Å². The van der Waals surface area contributed by atoms with E-state index < -0.39 is 6.04 Å². The van der Waals surface area contributed by atoms with Crippen LogP contribution in [0.15, 0.2) is 28.7 Å². The van der Waals surface area contributed by atoms with Crippen molar-refractivity contribution < 1.29 is 9.59 Å². The number of hydrogen-bond donors (Lipinski definition) is 2. The molecule has 22 heavy (non-hydrogen) atoms. The first-order chi connectivity index (χ1) is 10.6. The Bertz CT molecular complexity index is 511. The molecule has 0 unspecified atom stereocenters. The molecular weight excluding hydrogens is 384 g/mol. The SMILES string of the molecule is O=C1CCCCSSC[C@@H](C(=O)NCc2ccc(Br)cc2)N1. The first kappa shape index (κ1) is 17.7. The number of carbonyl (C=O) groups is 2. The number of nitrogens with one attached hydrogen (secondary N) is 2. The van der Waals surface area contributed by atoms with Gasteiger partial charge in [0.25, 0.3) is 0 Å². The summed E-state index contributed by atoms with van der Waals surface area (Å²) < 4.78 is 1.01. The van der Waals surface area contributed by atoms with Gasteiger partial charge >= 0.3 is 0 Å². The van der Waals surface area contributed by atoms with Gasteiger partial charge in [-0.25, -0.2) is 0 Å². The van der Waals surface area contributed by atoms with E-state index in [1.54, 1.807) is 21.6 Å². The molecule has 7 heteroatoms. The molecule has 2 amide bonds. The lowest BCUT2D eigenvalue weighted by Crippen LogP contribution is -2.48. The Kier molecular flexibility index (Phi) is 7.62. The van der Waals surface area contributed by atoms with E-state index in [-0.39, 0.29) is 11.8 Å². The summed E-state index contributed by atoms with van der Waals surface area (Å²) in [6.07, 6.45) is 2.43. The molecule has 0 bridgehead atoms. The van der Waals surface area contributed by atoms with Crippen molar-refractivity contribution in [1.29, 1.82) is 0 Å². The van der Waals surface area contributed by atoms with Crippen LogP contribution < -0.4 is 10.6 Å². The summed E-state index contributed by atoms with van der Waals surface area (Å²) in [6.45, 7) is 0.469. The maximum atomic E-state index is 12.3. The Morgan fingerprint density at radius 3 is 2.82 bits per heavy atom. The van der Waals surface area contributed by atoms with Gasteiger partial charge in [0.1, 0.15) is 6.04 Å². The molecule has 1 saturated heterocycles. The highest BCUT2D eigenvalue weighted by Gasteiger charge is 2.21. The molecule has 0 radical (unpaired) electrons. The van der Waals surface area contributed by atoms with Gasteiger partial charge in [0.15, 0.2) is 0 Å². The second-order valence-corrected chi connectivity index (χ2v) is 8.57. The Labute approximate surface area is 147 Å². The zero-order chi connectivity index (χ0) is 15.8. The van der Waals surface area contributed by atoms with Crippen molar-refractivity contribution in [3.63, 3.8) is 0 Å². The molecule has 1 aliphatic rings. The van der Waals surface area contributed by atoms with Crippen LogP contribution in [0.1, 0.15) is 24.8 Å². The topological polar surface area (TPSA) is 58.2 Å². The van der Waals surface area contributed by atoms with E-state index in [9.17, 15) is 9.59 Å². The molecule has 0 aliphatic carbocycles. The molecule has 4 nitrogen and oxygen atoms in total. The molecule has 1 aromatic rings. The highest BCUT2D eigenvalue weighted by molar-refractivity contribution is 9.10. The van der Waals surface area contributed by atoms with E-state index >= 15 is 0 Å². The van der Waals surface area contributed by atoms with Gasteiger partial charge in [-0.1, -0.05) is 49.7 Å². The summed E-state index contributed by atoms with van der Waals surface area (Å²) >= 11 is 3.38. The van der Waals surface area contributed by atoms with Crippen LogP contribution >= 0.6 is 37.5 Å². The van der Waals surface area contributed by atoms with Crippen molar-refractivity contribution >= 4 is 49.3 Å². The molecule has 0 aromatic heterocycles. The molecule has 0 saturated carbocycles. The molecule has 2 N–H and O–H groups in total. The average molecular weight is 403 g/mol. The summed E-state index contributed by atoms with van der Waals surface area (Å²) in [7, 11) is 3.42. The average Bonchev–Trinajstić information content (AvgIpc) is 2.52. The molecule has 1 atom stereocenters. The van der Waals surface area contributed by atoms with Crippen molar-refractivity contribution in [1.82, 2.24) is 10.6 Å². The second kappa shape index (κ2) is 9.47. The number of benzene rings is 1. The van der Waals surface area contributed by atoms with Gasteiger partial charge in [-0.15, -0.1) is 0 Å². The first-order valence-corrected chi connectivity index (χ1v) is 10.5. The van der Waals surface area contributed by atoms with Crippen molar-refractivity contribution in [3.05, 3.63) is 34.3 Å². The quantitative estimate of drug-likeness (QED) is 0.762. The molecule has 1 aliphatic heterocycles. The van der Waals surface area contributed by atoms with Crippen LogP contribution in [0.25, 0.3) is 0 Å². The standard InChI is InChI=1S/C15H19BrN2O2S2/c16-12-6-4-11(5-7-12)9-17-15(20)13-10-22-21-8-2-1-3-14(19)18-13/h4-7,13H,1-3,8-10H2,(H,17,20)(H,18,19)/t13-/m0/s1. The van der Waals surface area contributed by atoms with E-state index in [1.165, 1.54) is 0 Å². The summed E-state index contributed by atoms with van der Waals surface area (Å²) in [5, 5.41) is 5.74. The zero-order valence-electron chi connectivity index (χ0n) is 12.1. The van der Waals surface area contributed by atoms with E-state index in [0.717, 1.165) is 28.6 Å². The van der Waals surface area contributed by atoms with Crippen LogP contribution in [-0.2, 0) is 16.1 Å². The van der Waals surface area contributed by atoms with Crippen molar-refractivity contribution in [2.45, 2.75) is 31.8 Å². The van der Waals surface area contributed by atoms with E-state index in [0.29, 0.717) is 18.7 Å². The Morgan fingerprint density at radius 2 is 2.05 bits per heavy atom. The smallest absolute Gasteiger partial charge is 0.243 e. The number of amides is 2. The van der Waals surface area contributed by atoms with E-state index in [4.69, 9.17) is 0 Å². The normalized spacial score (nSPS) is 20.0. The highest BCUT2D eigenvalue weighted by Crippen LogP contribution is 2.24. The van der Waals surface area contributed by atoms with E-state index in [1.807, 2.05) is 24.3 Å². The largest absolute Gasteiger partial charge is 0.350 e. The summed E-state index contributed by atoms with van der Waals surface area (Å²) in [5.74, 6) is 1.48. The molecule has 1 heterocycles. The Hall–Kier alpha value is -0.660. The fraction of sp³-hybridized carbons (Fsp3) is 0.467. The van der Waals surface area contributed by atoms with Gasteiger partial charge in [0.2, 0.25) is 11.8 Å². The van der Waals surface area contributed by atoms with Crippen molar-refractivity contribution in [2.75, 3.05) is 11.5 Å². The predicted molar refractivity (Wildman–Crippen MR) is 96.7 cm³/mol. The van der Waals surface area contributed by atoms with Gasteiger partial charge in [0, 0.05) is 28.9 Å². The fourth-order valence-electron chi connectivity index (χ4n) is 1.99. The molecule has 1 aromatic carbocycles. The minimum Gasteiger partial charge on any atom is -0.350 e. The number of carbonyl (C=O) groups excluding carboxylic acids is 2. The zero-order valence-corrected chi connectivity index (χ0v) is 15.4. The highest BCUT2D eigenvalue weighted by atomic mass is 79.9. The van der Waals surface area contributed by atoms with Gasteiger partial charge in [0.05, 0.1) is 0 Å². The summed E-state index contributed by atoms with van der Waals surface area (Å²) in [5.41, 5.74) is 1.03. The number of halogens is 1. The summed E-state index contributed by atoms with van der Waals surface area (Å²) in [4.78, 5) is 24.1. The van der Waals surface area contributed by atoms with Crippen LogP contribution in [0.5, 0.6) is 0 Å². The molecule has 2 rings (SSSR count). The minimum atomic E-state index is -0.460. The van der Waals surface area contributed by atoms with E-state index in [2.05, 4.69) is 26.6 Å². The maximum Gasteiger partial charge on any atom is 0.243 e. The predicted octanol–water partition coefficient (Wildman–Crippen LogP) is 3.12. The van der Waals surface area contributed by atoms with Gasteiger partial charge in [-0.05, 0) is 30.5 Å². The summed E-state index contributed by atoms with van der Waals surface area (Å²) in [6, 6.07) is 7.35. The fourth-order valence-corrected chi connectivity index (χ4v) is 4.56. The maximum absolute atomic E-state index is 12.3. The van der Waals surface area contributed by atoms with Crippen LogP contribution in [0.2, 0.25) is 0 Å². The molecule has 0 spiro atoms. The number of hydrogen-bond acceptors (Lipinski definition) is 4. The van der Waals surface area contributed by atoms with Crippen LogP contribution in [0.4, 0.5) is 0 Å². The Balaban J connectivity index is 1.87. The minimum absolute atomic E-state index is 0.0312. The van der Waals surface area contributed by atoms with Crippen molar-refractivity contribution in [2.24, 2.45) is 0 Å². The molecule has 1 fully saturated rings. The third-order valence-electron chi connectivity index (χ3n) is 3.23. The lowest BCUT2D eigenvalue weighted by atomic mass is 10.2. The van der Waals surface area contributed by atoms with Gasteiger partial charge in [-0.3, -0.25) is 9.59 Å². The monoisotopic (exact) mass is 402 g/mol. The Morgan fingerprint density at radius 1 is 1.27 bits per heavy atom. The van der Waals surface area contributed by atoms with Gasteiger partial charge in [-0.2, -0.15) is 0 Å². The first-order valence-electron chi connectivity index (χ1n) is 7.21. The second-order valence-electron chi connectivity index (χ2n) is 5.03. The number of rotatable bonds is 3. The van der Waals surface area contributed by atoms with Gasteiger partial charge < -0.3 is 10.6 Å². The third kappa shape index (κ3) is 6.22. The third-order valence-corrected chi connectivity index (χ3v) is 6.26. The lowest BCUT2D eigenvalue weighted by molar-refractivity contribution is -0.128. The molecule has 120 valence electrons. The van der Waals surface area contributed by atoms with Crippen molar-refractivity contribution in [3.8, 4) is 0 Å². The lowest BCUT2D eigenvalue weighted by Gasteiger charge is -2.19. The van der Waals surface area contributed by atoms with Crippen LogP contribution in [-0.4, -0.2) is 29.4 Å².